The van der Waals surface area contributed by atoms with Crippen molar-refractivity contribution in [1.82, 2.24) is 19.6 Å². The third-order valence-electron chi connectivity index (χ3n) is 3.08. The number of nitrogens with one attached hydrogen (secondary N) is 2. The third-order valence-corrected chi connectivity index (χ3v) is 4.07. The fraction of sp³-hybridized carbons (Fsp3) is 0.154. The summed E-state index contributed by atoms with van der Waals surface area (Å²) < 4.78 is 23.6. The van der Waals surface area contributed by atoms with E-state index in [1.54, 1.807) is 0 Å². The molecule has 0 fully saturated rings. The predicted molar refractivity (Wildman–Crippen MR) is 81.8 cm³/mol. The molecule has 1 aromatic carbocycles. The zero-order chi connectivity index (χ0) is 18.1. The molecule has 2 rings (SSSR count). The lowest BCUT2D eigenvalue weighted by Crippen LogP contribution is -2.41. The van der Waals surface area contributed by atoms with Crippen LogP contribution in [0, 0.1) is 0 Å². The van der Waals surface area contributed by atoms with E-state index in [2.05, 4.69) is 5.32 Å². The molecule has 0 bridgehead atoms. The average molecular weight is 353 g/mol. The molecular weight excluding hydrogens is 340 g/mol. The van der Waals surface area contributed by atoms with E-state index in [0.717, 1.165) is 18.6 Å². The Morgan fingerprint density at radius 1 is 1.21 bits per heavy atom. The molecule has 11 heteroatoms. The second-order valence-corrected chi connectivity index (χ2v) is 6.71. The van der Waals surface area contributed by atoms with E-state index in [0.29, 0.717) is 8.54 Å². The van der Waals surface area contributed by atoms with Crippen molar-refractivity contribution in [3.05, 3.63) is 52.7 Å². The molecule has 0 aliphatic heterocycles. The van der Waals surface area contributed by atoms with Gasteiger partial charge in [0.25, 0.3) is 5.91 Å². The van der Waals surface area contributed by atoms with Gasteiger partial charge in [-0.15, -0.1) is 0 Å². The molecule has 2 aromatic rings. The standard InChI is InChI=1S/C13H13N4O6S/c1-24(22,23)17-7-6-16(13(17)21)12(20)15-10(11(14)19)8-2-4-9(18)5-3-8/h2-7,10,14,18H,1H3,(H,15,20). The summed E-state index contributed by atoms with van der Waals surface area (Å²) in [6, 6.07) is 2.74. The number of amides is 2. The van der Waals surface area contributed by atoms with Gasteiger partial charge >= 0.3 is 11.7 Å². The van der Waals surface area contributed by atoms with Crippen LogP contribution in [0.25, 0.3) is 0 Å². The minimum absolute atomic E-state index is 0.0669. The molecule has 0 aliphatic rings. The first-order valence-corrected chi connectivity index (χ1v) is 8.32. The van der Waals surface area contributed by atoms with Crippen molar-refractivity contribution in [2.75, 3.05) is 6.26 Å². The van der Waals surface area contributed by atoms with Crippen molar-refractivity contribution in [3.8, 4) is 5.75 Å². The maximum Gasteiger partial charge on any atom is 0.350 e. The molecule has 3 N–H and O–H groups in total. The molecule has 0 aliphatic carbocycles. The molecule has 1 radical (unpaired) electrons. The van der Waals surface area contributed by atoms with Gasteiger partial charge < -0.3 is 10.4 Å². The van der Waals surface area contributed by atoms with Crippen LogP contribution in [0.4, 0.5) is 4.79 Å². The van der Waals surface area contributed by atoms with Gasteiger partial charge in [-0.2, -0.15) is 3.97 Å². The second-order valence-electron chi connectivity index (χ2n) is 4.85. The molecular formula is C13H13N4O6S. The molecule has 0 spiro atoms. The highest BCUT2D eigenvalue weighted by molar-refractivity contribution is 7.89. The number of hydrogen-bond acceptors (Lipinski definition) is 6. The third kappa shape index (κ3) is 3.46. The van der Waals surface area contributed by atoms with Crippen LogP contribution in [-0.4, -0.2) is 40.3 Å². The van der Waals surface area contributed by atoms with Gasteiger partial charge in [-0.05, 0) is 17.7 Å². The Labute approximate surface area is 136 Å². The van der Waals surface area contributed by atoms with E-state index in [4.69, 9.17) is 5.73 Å². The zero-order valence-corrected chi connectivity index (χ0v) is 13.1. The number of aromatic hydroxyl groups is 1. The molecule has 1 atom stereocenters. The summed E-state index contributed by atoms with van der Waals surface area (Å²) in [5.41, 5.74) is 6.33. The SMILES string of the molecule is CS(=O)(=O)n1ccn(C(=O)NC(C([NH])=O)c2ccc(O)cc2)c1=O. The minimum Gasteiger partial charge on any atom is -0.508 e. The number of rotatable bonds is 4. The molecule has 24 heavy (non-hydrogen) atoms. The summed E-state index contributed by atoms with van der Waals surface area (Å²) in [6.45, 7) is 0. The highest BCUT2D eigenvalue weighted by Gasteiger charge is 2.23. The van der Waals surface area contributed by atoms with E-state index in [1.165, 1.54) is 24.3 Å². The minimum atomic E-state index is -3.88. The number of hydrogen-bond donors (Lipinski definition) is 2. The summed E-state index contributed by atoms with van der Waals surface area (Å²) >= 11 is 0. The average Bonchev–Trinajstić information content (AvgIpc) is 2.87. The number of carbonyl (C=O) groups excluding carboxylic acids is 2. The highest BCUT2D eigenvalue weighted by atomic mass is 32.2. The summed E-state index contributed by atoms with van der Waals surface area (Å²) in [4.78, 5) is 35.5. The van der Waals surface area contributed by atoms with Gasteiger partial charge in [0, 0.05) is 12.4 Å². The summed E-state index contributed by atoms with van der Waals surface area (Å²) in [6.07, 6.45) is 2.62. The lowest BCUT2D eigenvalue weighted by atomic mass is 10.1. The molecule has 2 amide bonds. The van der Waals surface area contributed by atoms with Gasteiger partial charge in [-0.1, -0.05) is 12.1 Å². The first-order chi connectivity index (χ1) is 11.1. The van der Waals surface area contributed by atoms with Gasteiger partial charge in [0.05, 0.1) is 6.26 Å². The first-order valence-electron chi connectivity index (χ1n) is 6.47. The fourth-order valence-corrected chi connectivity index (χ4v) is 2.58. The van der Waals surface area contributed by atoms with E-state index in [1.807, 2.05) is 0 Å². The maximum atomic E-state index is 12.1. The van der Waals surface area contributed by atoms with E-state index < -0.39 is 33.7 Å². The van der Waals surface area contributed by atoms with Crippen LogP contribution in [0.2, 0.25) is 0 Å². The van der Waals surface area contributed by atoms with Gasteiger partial charge in [0.15, 0.2) is 0 Å². The van der Waals surface area contributed by atoms with Crippen LogP contribution in [0.1, 0.15) is 11.6 Å². The van der Waals surface area contributed by atoms with Crippen molar-refractivity contribution in [3.63, 3.8) is 0 Å². The van der Waals surface area contributed by atoms with Crippen molar-refractivity contribution in [2.24, 2.45) is 0 Å². The highest BCUT2D eigenvalue weighted by Crippen LogP contribution is 2.17. The van der Waals surface area contributed by atoms with Crippen molar-refractivity contribution >= 4 is 22.0 Å². The van der Waals surface area contributed by atoms with Gasteiger partial charge in [0.1, 0.15) is 11.8 Å². The Hall–Kier alpha value is -3.08. The first kappa shape index (κ1) is 17.3. The number of phenols is 1. The lowest BCUT2D eigenvalue weighted by Gasteiger charge is -2.15. The number of phenolic OH excluding ortho intramolecular Hbond substituents is 1. The second kappa shape index (κ2) is 6.20. The molecule has 1 heterocycles. The van der Waals surface area contributed by atoms with Crippen molar-refractivity contribution < 1.29 is 23.1 Å². The van der Waals surface area contributed by atoms with E-state index in [-0.39, 0.29) is 11.3 Å². The Balaban J connectivity index is 2.33. The van der Waals surface area contributed by atoms with Crippen LogP contribution in [0.15, 0.2) is 41.5 Å². The fourth-order valence-electron chi connectivity index (χ4n) is 1.93. The molecule has 1 aromatic heterocycles. The number of benzene rings is 1. The van der Waals surface area contributed by atoms with Gasteiger partial charge in [-0.25, -0.2) is 22.6 Å². The Morgan fingerprint density at radius 2 is 1.79 bits per heavy atom. The van der Waals surface area contributed by atoms with Crippen LogP contribution in [-0.2, 0) is 14.8 Å². The van der Waals surface area contributed by atoms with Crippen LogP contribution in [0.5, 0.6) is 5.75 Å². The van der Waals surface area contributed by atoms with Gasteiger partial charge in [0.2, 0.25) is 10.0 Å². The van der Waals surface area contributed by atoms with Crippen molar-refractivity contribution in [2.45, 2.75) is 6.04 Å². The molecule has 10 nitrogen and oxygen atoms in total. The maximum absolute atomic E-state index is 12.1. The molecule has 127 valence electrons. The van der Waals surface area contributed by atoms with E-state index >= 15 is 0 Å². The van der Waals surface area contributed by atoms with Gasteiger partial charge in [-0.3, -0.25) is 10.5 Å². The van der Waals surface area contributed by atoms with E-state index in [9.17, 15) is 27.9 Å². The number of carbonyl (C=O) groups is 2. The largest absolute Gasteiger partial charge is 0.508 e. The zero-order valence-electron chi connectivity index (χ0n) is 12.3. The topological polar surface area (TPSA) is 151 Å². The van der Waals surface area contributed by atoms with Crippen LogP contribution in [0.3, 0.4) is 0 Å². The normalized spacial score (nSPS) is 12.5. The summed E-state index contributed by atoms with van der Waals surface area (Å²) in [7, 11) is -3.88. The van der Waals surface area contributed by atoms with Crippen LogP contribution < -0.4 is 16.7 Å². The number of nitrogens with zero attached hydrogens (tertiary/aromatic N) is 2. The molecule has 0 saturated carbocycles. The smallest absolute Gasteiger partial charge is 0.350 e. The van der Waals surface area contributed by atoms with Crippen molar-refractivity contribution in [1.29, 1.82) is 0 Å². The number of imidazole rings is 1. The summed E-state index contributed by atoms with van der Waals surface area (Å²) in [5.74, 6) is -1.22. The lowest BCUT2D eigenvalue weighted by molar-refractivity contribution is -0.120. The summed E-state index contributed by atoms with van der Waals surface area (Å²) in [5, 5.41) is 11.4. The monoisotopic (exact) mass is 353 g/mol. The predicted octanol–water partition coefficient (Wildman–Crippen LogP) is -0.728. The Kier molecular flexibility index (Phi) is 4.46. The molecule has 1 unspecified atom stereocenters. The van der Waals surface area contributed by atoms with Crippen LogP contribution >= 0.6 is 0 Å². The number of aromatic nitrogens is 2. The molecule has 0 saturated heterocycles. The quantitative estimate of drug-likeness (QED) is 0.739. The Morgan fingerprint density at radius 3 is 2.25 bits per heavy atom. The Bertz CT molecular complexity index is 942.